The minimum atomic E-state index is -0.492. The molecule has 0 bridgehead atoms. The Morgan fingerprint density at radius 1 is 1.43 bits per heavy atom. The van der Waals surface area contributed by atoms with Crippen LogP contribution in [0.4, 0.5) is 0 Å². The van der Waals surface area contributed by atoms with E-state index in [2.05, 4.69) is 31.2 Å². The second-order valence-electron chi connectivity index (χ2n) is 4.80. The average molecular weight is 190 g/mol. The maximum absolute atomic E-state index is 10.2. The molecule has 0 aromatic heterocycles. The van der Waals surface area contributed by atoms with Gasteiger partial charge >= 0.3 is 0 Å². The molecule has 14 heavy (non-hydrogen) atoms. The van der Waals surface area contributed by atoms with Crippen molar-refractivity contribution in [3.05, 3.63) is 35.4 Å². The minimum absolute atomic E-state index is 0.492. The third-order valence-corrected chi connectivity index (χ3v) is 3.10. The van der Waals surface area contributed by atoms with Crippen LogP contribution in [0.3, 0.4) is 0 Å². The number of hydrogen-bond acceptors (Lipinski definition) is 1. The summed E-state index contributed by atoms with van der Waals surface area (Å²) in [5, 5.41) is 10.2. The van der Waals surface area contributed by atoms with Crippen molar-refractivity contribution in [2.24, 2.45) is 5.92 Å². The summed E-state index contributed by atoms with van der Waals surface area (Å²) in [5.41, 5.74) is 2.03. The lowest BCUT2D eigenvalue weighted by Crippen LogP contribution is -2.29. The summed E-state index contributed by atoms with van der Waals surface area (Å²) in [6, 6.07) is 8.42. The molecule has 0 heterocycles. The zero-order valence-corrected chi connectivity index (χ0v) is 8.96. The van der Waals surface area contributed by atoms with E-state index in [1.807, 2.05) is 6.92 Å². The van der Waals surface area contributed by atoms with Crippen LogP contribution in [-0.4, -0.2) is 10.7 Å². The van der Waals surface area contributed by atoms with Gasteiger partial charge in [-0.2, -0.15) is 0 Å². The molecule has 0 spiro atoms. The summed E-state index contributed by atoms with van der Waals surface area (Å²) >= 11 is 0. The Labute approximate surface area is 85.8 Å². The molecule has 2 rings (SSSR count). The highest BCUT2D eigenvalue weighted by atomic mass is 16.3. The smallest absolute Gasteiger partial charge is 0.0687 e. The molecule has 1 saturated carbocycles. The number of aryl methyl sites for hydroxylation is 1. The van der Waals surface area contributed by atoms with Crippen LogP contribution >= 0.6 is 0 Å². The van der Waals surface area contributed by atoms with E-state index in [9.17, 15) is 5.11 Å². The maximum atomic E-state index is 10.2. The number of hydrogen-bond donors (Lipinski definition) is 1. The Morgan fingerprint density at radius 2 is 2.14 bits per heavy atom. The molecule has 1 heteroatoms. The normalized spacial score (nSPS) is 20.5. The molecule has 0 amide bonds. The van der Waals surface area contributed by atoms with Gasteiger partial charge in [0.05, 0.1) is 5.60 Å². The standard InChI is InChI=1S/C13H18O/c1-10-4-3-5-11(8-10)9-13(2,14)12-6-7-12/h3-5,8,12,14H,6-7,9H2,1-2H3. The molecule has 1 aliphatic rings. The summed E-state index contributed by atoms with van der Waals surface area (Å²) in [6.45, 7) is 4.06. The first-order valence-electron chi connectivity index (χ1n) is 5.36. The molecule has 1 aliphatic carbocycles. The SMILES string of the molecule is Cc1cccc(CC(C)(O)C2CC2)c1. The molecule has 0 aliphatic heterocycles. The Hall–Kier alpha value is -0.820. The fourth-order valence-corrected chi connectivity index (χ4v) is 2.08. The monoisotopic (exact) mass is 190 g/mol. The fraction of sp³-hybridized carbons (Fsp3) is 0.538. The largest absolute Gasteiger partial charge is 0.390 e. The molecule has 1 aromatic carbocycles. The van der Waals surface area contributed by atoms with Crippen LogP contribution in [0.1, 0.15) is 30.9 Å². The van der Waals surface area contributed by atoms with Gasteiger partial charge in [-0.3, -0.25) is 0 Å². The van der Waals surface area contributed by atoms with E-state index >= 15 is 0 Å². The molecular formula is C13H18O. The molecule has 1 nitrogen and oxygen atoms in total. The molecule has 1 aromatic rings. The molecule has 76 valence electrons. The highest BCUT2D eigenvalue weighted by Gasteiger charge is 2.39. The second kappa shape index (κ2) is 3.39. The van der Waals surface area contributed by atoms with Gasteiger partial charge < -0.3 is 5.11 Å². The summed E-state index contributed by atoms with van der Waals surface area (Å²) in [6.07, 6.45) is 3.18. The first kappa shape index (κ1) is 9.72. The molecule has 0 saturated heterocycles. The predicted molar refractivity (Wildman–Crippen MR) is 58.2 cm³/mol. The first-order valence-corrected chi connectivity index (χ1v) is 5.36. The van der Waals surface area contributed by atoms with Crippen LogP contribution in [0.25, 0.3) is 0 Å². The van der Waals surface area contributed by atoms with Crippen molar-refractivity contribution in [3.63, 3.8) is 0 Å². The summed E-state index contributed by atoms with van der Waals surface area (Å²) in [4.78, 5) is 0. The Kier molecular flexibility index (Phi) is 2.36. The van der Waals surface area contributed by atoms with Gasteiger partial charge in [0.25, 0.3) is 0 Å². The molecule has 0 radical (unpaired) electrons. The highest BCUT2D eigenvalue weighted by molar-refractivity contribution is 5.24. The van der Waals surface area contributed by atoms with Crippen LogP contribution in [0, 0.1) is 12.8 Å². The maximum Gasteiger partial charge on any atom is 0.0687 e. The van der Waals surface area contributed by atoms with E-state index in [1.54, 1.807) is 0 Å². The van der Waals surface area contributed by atoms with Crippen LogP contribution in [-0.2, 0) is 6.42 Å². The summed E-state index contributed by atoms with van der Waals surface area (Å²) in [7, 11) is 0. The van der Waals surface area contributed by atoms with Gasteiger partial charge in [-0.1, -0.05) is 29.8 Å². The van der Waals surface area contributed by atoms with E-state index in [4.69, 9.17) is 0 Å². The summed E-state index contributed by atoms with van der Waals surface area (Å²) < 4.78 is 0. The third kappa shape index (κ3) is 2.16. The molecule has 1 fully saturated rings. The Balaban J connectivity index is 2.09. The van der Waals surface area contributed by atoms with Crippen molar-refractivity contribution < 1.29 is 5.11 Å². The lowest BCUT2D eigenvalue weighted by molar-refractivity contribution is 0.0372. The Bertz CT molecular complexity index is 324. The van der Waals surface area contributed by atoms with E-state index in [-0.39, 0.29) is 0 Å². The van der Waals surface area contributed by atoms with Crippen LogP contribution in [0.2, 0.25) is 0 Å². The van der Waals surface area contributed by atoms with Crippen molar-refractivity contribution in [2.75, 3.05) is 0 Å². The zero-order chi connectivity index (χ0) is 10.2. The van der Waals surface area contributed by atoms with Gasteiger partial charge in [0.1, 0.15) is 0 Å². The van der Waals surface area contributed by atoms with Crippen LogP contribution in [0.5, 0.6) is 0 Å². The lowest BCUT2D eigenvalue weighted by atomic mass is 9.91. The van der Waals surface area contributed by atoms with Crippen molar-refractivity contribution >= 4 is 0 Å². The van der Waals surface area contributed by atoms with E-state index in [1.165, 1.54) is 24.0 Å². The quantitative estimate of drug-likeness (QED) is 0.777. The van der Waals surface area contributed by atoms with Crippen LogP contribution < -0.4 is 0 Å². The molecule has 1 atom stereocenters. The fourth-order valence-electron chi connectivity index (χ4n) is 2.08. The van der Waals surface area contributed by atoms with Gasteiger partial charge in [0.2, 0.25) is 0 Å². The predicted octanol–water partition coefficient (Wildman–Crippen LogP) is 2.70. The Morgan fingerprint density at radius 3 is 2.71 bits per heavy atom. The van der Waals surface area contributed by atoms with Gasteiger partial charge in [0, 0.05) is 6.42 Å². The second-order valence-corrected chi connectivity index (χ2v) is 4.80. The van der Waals surface area contributed by atoms with E-state index < -0.39 is 5.60 Å². The minimum Gasteiger partial charge on any atom is -0.390 e. The number of aliphatic hydroxyl groups is 1. The van der Waals surface area contributed by atoms with Gasteiger partial charge in [-0.05, 0) is 38.2 Å². The molecule has 1 unspecified atom stereocenters. The van der Waals surface area contributed by atoms with Gasteiger partial charge in [-0.25, -0.2) is 0 Å². The zero-order valence-electron chi connectivity index (χ0n) is 8.96. The van der Waals surface area contributed by atoms with Gasteiger partial charge in [-0.15, -0.1) is 0 Å². The van der Waals surface area contributed by atoms with Crippen molar-refractivity contribution in [3.8, 4) is 0 Å². The van der Waals surface area contributed by atoms with E-state index in [0.717, 1.165) is 6.42 Å². The first-order chi connectivity index (χ1) is 6.58. The number of benzene rings is 1. The highest BCUT2D eigenvalue weighted by Crippen LogP contribution is 2.41. The third-order valence-electron chi connectivity index (χ3n) is 3.10. The summed E-state index contributed by atoms with van der Waals surface area (Å²) in [5.74, 6) is 0.531. The van der Waals surface area contributed by atoms with Crippen molar-refractivity contribution in [1.82, 2.24) is 0 Å². The topological polar surface area (TPSA) is 20.2 Å². The van der Waals surface area contributed by atoms with Gasteiger partial charge in [0.15, 0.2) is 0 Å². The molecular weight excluding hydrogens is 172 g/mol. The van der Waals surface area contributed by atoms with E-state index in [0.29, 0.717) is 5.92 Å². The average Bonchev–Trinajstić information content (AvgIpc) is 2.84. The lowest BCUT2D eigenvalue weighted by Gasteiger charge is -2.23. The molecule has 1 N–H and O–H groups in total. The van der Waals surface area contributed by atoms with Crippen molar-refractivity contribution in [1.29, 1.82) is 0 Å². The number of rotatable bonds is 3. The van der Waals surface area contributed by atoms with Crippen molar-refractivity contribution in [2.45, 2.75) is 38.7 Å². The van der Waals surface area contributed by atoms with Crippen LogP contribution in [0.15, 0.2) is 24.3 Å².